The van der Waals surface area contributed by atoms with E-state index in [2.05, 4.69) is 13.8 Å². The molecule has 4 aliphatic carbocycles. The van der Waals surface area contributed by atoms with Crippen molar-refractivity contribution in [3.63, 3.8) is 0 Å². The van der Waals surface area contributed by atoms with E-state index in [1.54, 1.807) is 12.2 Å². The van der Waals surface area contributed by atoms with Crippen LogP contribution in [0.4, 0.5) is 0 Å². The van der Waals surface area contributed by atoms with E-state index < -0.39 is 16.8 Å². The van der Waals surface area contributed by atoms with Gasteiger partial charge in [-0.3, -0.25) is 19.2 Å². The van der Waals surface area contributed by atoms with Gasteiger partial charge in [-0.1, -0.05) is 26.8 Å². The van der Waals surface area contributed by atoms with E-state index in [4.69, 9.17) is 5.11 Å². The summed E-state index contributed by atoms with van der Waals surface area (Å²) in [6.45, 7) is 6.15. The maximum Gasteiger partial charge on any atom is 0.303 e. The molecule has 29 heavy (non-hydrogen) atoms. The normalized spacial score (nSPS) is 42.0. The van der Waals surface area contributed by atoms with Crippen LogP contribution in [0.25, 0.3) is 0 Å². The maximum absolute atomic E-state index is 13.6. The summed E-state index contributed by atoms with van der Waals surface area (Å²) in [4.78, 5) is 49.7. The van der Waals surface area contributed by atoms with Gasteiger partial charge < -0.3 is 5.11 Å². The quantitative estimate of drug-likeness (QED) is 0.779. The summed E-state index contributed by atoms with van der Waals surface area (Å²) in [7, 11) is 0. The molecule has 0 unspecified atom stereocenters. The van der Waals surface area contributed by atoms with Crippen LogP contribution in [0, 0.1) is 40.4 Å². The molecule has 156 valence electrons. The molecule has 5 nitrogen and oxygen atoms in total. The number of ketones is 3. The molecule has 1 N–H and O–H groups in total. The molecule has 4 rings (SSSR count). The minimum Gasteiger partial charge on any atom is -0.481 e. The van der Waals surface area contributed by atoms with Crippen LogP contribution in [0.5, 0.6) is 0 Å². The number of carboxylic acids is 1. The highest BCUT2D eigenvalue weighted by Crippen LogP contribution is 2.64. The van der Waals surface area contributed by atoms with Gasteiger partial charge in [0.05, 0.1) is 0 Å². The standard InChI is InChI=1S/C24H30O5/c1-13(4-7-21(28)29)16-5-6-17-22-18(12-20(27)24(16,17)3)23(2)9-8-15(25)10-14(23)11-19(22)26/h8-9,11,13,16-18,22H,4-7,10,12H2,1-3H3,(H,28,29)/t13-,16-,17+,18+,22+,23+,24-/m1/s1. The summed E-state index contributed by atoms with van der Waals surface area (Å²) in [5.74, 6) is -0.525. The highest BCUT2D eigenvalue weighted by Gasteiger charge is 2.64. The first-order valence-electron chi connectivity index (χ1n) is 10.8. The van der Waals surface area contributed by atoms with Gasteiger partial charge in [-0.15, -0.1) is 0 Å². The van der Waals surface area contributed by atoms with Gasteiger partial charge in [0.2, 0.25) is 0 Å². The van der Waals surface area contributed by atoms with Gasteiger partial charge in [0.25, 0.3) is 0 Å². The fourth-order valence-electron chi connectivity index (χ4n) is 7.08. The maximum atomic E-state index is 13.6. The molecule has 4 aliphatic rings. The van der Waals surface area contributed by atoms with Crippen LogP contribution in [-0.4, -0.2) is 28.4 Å². The second-order valence-electron chi connectivity index (χ2n) is 10.1. The number of hydrogen-bond acceptors (Lipinski definition) is 4. The summed E-state index contributed by atoms with van der Waals surface area (Å²) < 4.78 is 0. The summed E-state index contributed by atoms with van der Waals surface area (Å²) in [5.41, 5.74) is -0.113. The van der Waals surface area contributed by atoms with Crippen LogP contribution in [0.15, 0.2) is 23.8 Å². The van der Waals surface area contributed by atoms with E-state index in [1.165, 1.54) is 0 Å². The predicted molar refractivity (Wildman–Crippen MR) is 107 cm³/mol. The SMILES string of the molecule is C[C@H](CCC(=O)O)[C@H]1CC[C@H]2[C@@H]3C(=O)C=C4CC(=O)C=C[C@]4(C)[C@H]3CC(=O)[C@]12C. The van der Waals surface area contributed by atoms with Gasteiger partial charge in [0.15, 0.2) is 11.6 Å². The lowest BCUT2D eigenvalue weighted by Crippen LogP contribution is -2.56. The molecule has 0 radical (unpaired) electrons. The molecule has 0 bridgehead atoms. The Balaban J connectivity index is 1.68. The fraction of sp³-hybridized carbons (Fsp3) is 0.667. The zero-order valence-corrected chi connectivity index (χ0v) is 17.4. The van der Waals surface area contributed by atoms with E-state index in [1.807, 2.05) is 13.0 Å². The Bertz CT molecular complexity index is 851. The van der Waals surface area contributed by atoms with Gasteiger partial charge in [-0.25, -0.2) is 0 Å². The van der Waals surface area contributed by atoms with Crippen LogP contribution in [0.1, 0.15) is 59.3 Å². The predicted octanol–water partition coefficient (Wildman–Crippen LogP) is 3.77. The molecule has 0 saturated heterocycles. The van der Waals surface area contributed by atoms with Crippen LogP contribution in [-0.2, 0) is 19.2 Å². The molecule has 0 aromatic rings. The molecule has 0 aromatic heterocycles. The van der Waals surface area contributed by atoms with E-state index in [0.717, 1.165) is 18.4 Å². The average Bonchev–Trinajstić information content (AvgIpc) is 3.01. The largest absolute Gasteiger partial charge is 0.481 e. The van der Waals surface area contributed by atoms with Crippen molar-refractivity contribution in [2.75, 3.05) is 0 Å². The molecule has 5 heteroatoms. The van der Waals surface area contributed by atoms with E-state index in [0.29, 0.717) is 12.8 Å². The smallest absolute Gasteiger partial charge is 0.303 e. The van der Waals surface area contributed by atoms with Gasteiger partial charge in [-0.2, -0.15) is 0 Å². The Hall–Kier alpha value is -2.04. The van der Waals surface area contributed by atoms with Crippen molar-refractivity contribution in [2.45, 2.75) is 59.3 Å². The number of carbonyl (C=O) groups is 4. The summed E-state index contributed by atoms with van der Waals surface area (Å²) in [6, 6.07) is 0. The zero-order valence-electron chi connectivity index (χ0n) is 17.4. The Morgan fingerprint density at radius 2 is 1.93 bits per heavy atom. The van der Waals surface area contributed by atoms with Crippen LogP contribution >= 0.6 is 0 Å². The number of rotatable bonds is 4. The highest BCUT2D eigenvalue weighted by atomic mass is 16.4. The van der Waals surface area contributed by atoms with Crippen molar-refractivity contribution in [3.05, 3.63) is 23.8 Å². The zero-order chi connectivity index (χ0) is 21.1. The molecule has 0 aromatic carbocycles. The summed E-state index contributed by atoms with van der Waals surface area (Å²) >= 11 is 0. The van der Waals surface area contributed by atoms with Crippen LogP contribution < -0.4 is 0 Å². The topological polar surface area (TPSA) is 88.5 Å². The highest BCUT2D eigenvalue weighted by molar-refractivity contribution is 6.01. The minimum absolute atomic E-state index is 0.000758. The third-order valence-electron chi connectivity index (χ3n) is 8.79. The molecule has 0 spiro atoms. The molecule has 7 atom stereocenters. The molecule has 0 aliphatic heterocycles. The van der Waals surface area contributed by atoms with Crippen molar-refractivity contribution in [3.8, 4) is 0 Å². The lowest BCUT2D eigenvalue weighted by atomic mass is 9.47. The van der Waals surface area contributed by atoms with Crippen molar-refractivity contribution in [1.29, 1.82) is 0 Å². The van der Waals surface area contributed by atoms with E-state index >= 15 is 0 Å². The van der Waals surface area contributed by atoms with Crippen molar-refractivity contribution >= 4 is 23.3 Å². The number of carbonyl (C=O) groups excluding carboxylic acids is 3. The average molecular weight is 398 g/mol. The van der Waals surface area contributed by atoms with Gasteiger partial charge in [0, 0.05) is 36.0 Å². The summed E-state index contributed by atoms with van der Waals surface area (Å²) in [6.07, 6.45) is 8.24. The first kappa shape index (κ1) is 20.2. The lowest BCUT2D eigenvalue weighted by Gasteiger charge is -2.54. The monoisotopic (exact) mass is 398 g/mol. The number of aliphatic carboxylic acids is 1. The third-order valence-corrected chi connectivity index (χ3v) is 8.79. The summed E-state index contributed by atoms with van der Waals surface area (Å²) in [5, 5.41) is 9.05. The first-order chi connectivity index (χ1) is 13.6. The van der Waals surface area contributed by atoms with Crippen molar-refractivity contribution < 1.29 is 24.3 Å². The van der Waals surface area contributed by atoms with E-state index in [-0.39, 0.29) is 59.8 Å². The van der Waals surface area contributed by atoms with Crippen molar-refractivity contribution in [1.82, 2.24) is 0 Å². The number of Topliss-reactive ketones (excluding diaryl/α,β-unsaturated/α-hetero) is 1. The Kier molecular flexibility index (Phi) is 4.71. The Morgan fingerprint density at radius 3 is 2.62 bits per heavy atom. The number of hydrogen-bond donors (Lipinski definition) is 1. The third kappa shape index (κ3) is 2.88. The molecule has 0 amide bonds. The van der Waals surface area contributed by atoms with Gasteiger partial charge in [-0.05, 0) is 60.7 Å². The van der Waals surface area contributed by atoms with Crippen LogP contribution in [0.2, 0.25) is 0 Å². The Labute approximate surface area is 171 Å². The molecule has 2 fully saturated rings. The van der Waals surface area contributed by atoms with Crippen LogP contribution in [0.3, 0.4) is 0 Å². The van der Waals surface area contributed by atoms with Gasteiger partial charge in [0.1, 0.15) is 5.78 Å². The second kappa shape index (κ2) is 6.75. The molecular weight excluding hydrogens is 368 g/mol. The molecule has 2 saturated carbocycles. The number of allylic oxidation sites excluding steroid dienone is 4. The molecular formula is C24H30O5. The van der Waals surface area contributed by atoms with E-state index in [9.17, 15) is 19.2 Å². The second-order valence-corrected chi connectivity index (χ2v) is 10.1. The molecule has 0 heterocycles. The Morgan fingerprint density at radius 1 is 1.21 bits per heavy atom. The fourth-order valence-corrected chi connectivity index (χ4v) is 7.08. The van der Waals surface area contributed by atoms with Gasteiger partial charge >= 0.3 is 5.97 Å². The minimum atomic E-state index is -0.807. The van der Waals surface area contributed by atoms with Crippen molar-refractivity contribution in [2.24, 2.45) is 40.4 Å². The number of carboxylic acid groups (broad SMARTS) is 1. The first-order valence-corrected chi connectivity index (χ1v) is 10.8. The lowest BCUT2D eigenvalue weighted by molar-refractivity contribution is -0.150. The number of fused-ring (bicyclic) bond motifs is 5.